The van der Waals surface area contributed by atoms with Gasteiger partial charge in [0.05, 0.1) is 6.42 Å². The third-order valence-electron chi connectivity index (χ3n) is 7.33. The van der Waals surface area contributed by atoms with Crippen molar-refractivity contribution in [3.63, 3.8) is 0 Å². The summed E-state index contributed by atoms with van der Waals surface area (Å²) < 4.78 is 12.6. The number of rotatable bonds is 5. The second-order valence-electron chi connectivity index (χ2n) is 10.00. The van der Waals surface area contributed by atoms with E-state index >= 15 is 0 Å². The number of anilines is 1. The van der Waals surface area contributed by atoms with Crippen LogP contribution in [-0.2, 0) is 12.8 Å². The van der Waals surface area contributed by atoms with Gasteiger partial charge in [-0.2, -0.15) is 0 Å². The molecular formula is C28H31N7O2. The number of ether oxygens (including phenoxy) is 1. The first kappa shape index (κ1) is 23.5. The lowest BCUT2D eigenvalue weighted by atomic mass is 9.93. The van der Waals surface area contributed by atoms with Crippen LogP contribution in [0.3, 0.4) is 0 Å². The Balaban J connectivity index is 1.17. The second-order valence-corrected chi connectivity index (χ2v) is 10.00. The van der Waals surface area contributed by atoms with Gasteiger partial charge in [-0.05, 0) is 55.7 Å². The third kappa shape index (κ3) is 4.79. The number of pyridine rings is 1. The molecule has 1 fully saturated rings. The second kappa shape index (κ2) is 9.89. The van der Waals surface area contributed by atoms with E-state index < -0.39 is 0 Å². The monoisotopic (exact) mass is 497 g/mol. The summed E-state index contributed by atoms with van der Waals surface area (Å²) in [6.45, 7) is 7.10. The number of fused-ring (bicyclic) bond motifs is 1. The Labute approximate surface area is 216 Å². The molecule has 1 atom stereocenters. The van der Waals surface area contributed by atoms with Gasteiger partial charge in [-0.1, -0.05) is 24.3 Å². The van der Waals surface area contributed by atoms with Crippen LogP contribution in [-0.4, -0.2) is 61.7 Å². The molecule has 1 aromatic carbocycles. The Morgan fingerprint density at radius 3 is 2.65 bits per heavy atom. The Hall–Kier alpha value is -3.85. The molecule has 3 aromatic heterocycles. The van der Waals surface area contributed by atoms with Gasteiger partial charge in [0.15, 0.2) is 11.5 Å². The molecule has 0 amide bonds. The Morgan fingerprint density at radius 1 is 0.919 bits per heavy atom. The molecule has 0 saturated carbocycles. The highest BCUT2D eigenvalue weighted by Gasteiger charge is 2.44. The number of para-hydroxylation sites is 1. The molecule has 37 heavy (non-hydrogen) atoms. The number of aromatic nitrogens is 5. The van der Waals surface area contributed by atoms with Gasteiger partial charge < -0.3 is 14.1 Å². The molecule has 1 saturated heterocycles. The van der Waals surface area contributed by atoms with Crippen molar-refractivity contribution in [2.75, 3.05) is 24.5 Å². The Bertz CT molecular complexity index is 1340. The fourth-order valence-corrected chi connectivity index (χ4v) is 5.44. The molecule has 1 spiro atoms. The van der Waals surface area contributed by atoms with Crippen molar-refractivity contribution in [1.82, 2.24) is 30.3 Å². The van der Waals surface area contributed by atoms with Crippen LogP contribution in [0.25, 0.3) is 11.6 Å². The molecular weight excluding hydrogens is 466 g/mol. The van der Waals surface area contributed by atoms with E-state index in [-0.39, 0.29) is 5.72 Å². The topological polar surface area (TPSA) is 93.3 Å². The zero-order valence-electron chi connectivity index (χ0n) is 21.2. The maximum Gasteiger partial charge on any atom is 0.268 e. The molecule has 0 N–H and O–H groups in total. The minimum Gasteiger partial charge on any atom is -0.472 e. The summed E-state index contributed by atoms with van der Waals surface area (Å²) in [6, 6.07) is 16.6. The first-order chi connectivity index (χ1) is 18.1. The van der Waals surface area contributed by atoms with Crippen LogP contribution in [0.1, 0.15) is 43.7 Å². The third-order valence-corrected chi connectivity index (χ3v) is 7.33. The normalized spacial score (nSPS) is 20.0. The van der Waals surface area contributed by atoms with Crippen LogP contribution in [0.15, 0.2) is 65.3 Å². The van der Waals surface area contributed by atoms with Gasteiger partial charge in [-0.25, -0.2) is 0 Å². The van der Waals surface area contributed by atoms with Crippen molar-refractivity contribution in [3.8, 4) is 17.3 Å². The highest BCUT2D eigenvalue weighted by Crippen LogP contribution is 2.39. The van der Waals surface area contributed by atoms with E-state index in [2.05, 4.69) is 73.3 Å². The Kier molecular flexibility index (Phi) is 6.30. The van der Waals surface area contributed by atoms with Crippen LogP contribution in [0.4, 0.5) is 5.82 Å². The van der Waals surface area contributed by atoms with Gasteiger partial charge in [0.2, 0.25) is 5.89 Å². The highest BCUT2D eigenvalue weighted by molar-refractivity contribution is 5.49. The smallest absolute Gasteiger partial charge is 0.268 e. The molecule has 9 heteroatoms. The SMILES string of the molecule is CC(C)N1CCN(c2ccc(-c3nnc(Cc4cccnc4)o3)nn2)CCC12CCc1ccccc1O2. The molecule has 2 aliphatic rings. The lowest BCUT2D eigenvalue weighted by Crippen LogP contribution is -2.57. The average Bonchev–Trinajstić information content (AvgIpc) is 3.31. The molecule has 190 valence electrons. The predicted molar refractivity (Wildman–Crippen MR) is 139 cm³/mol. The molecule has 9 nitrogen and oxygen atoms in total. The summed E-state index contributed by atoms with van der Waals surface area (Å²) in [5.74, 6) is 2.75. The van der Waals surface area contributed by atoms with Crippen LogP contribution in [0.5, 0.6) is 5.75 Å². The maximum absolute atomic E-state index is 6.75. The van der Waals surface area contributed by atoms with Gasteiger partial charge in [0, 0.05) is 50.9 Å². The number of aryl methyl sites for hydroxylation is 1. The molecule has 0 aliphatic carbocycles. The molecule has 1 unspecified atom stereocenters. The largest absolute Gasteiger partial charge is 0.472 e. The van der Waals surface area contributed by atoms with Crippen molar-refractivity contribution in [2.45, 2.75) is 51.3 Å². The zero-order chi connectivity index (χ0) is 25.2. The van der Waals surface area contributed by atoms with Crippen molar-refractivity contribution < 1.29 is 9.15 Å². The summed E-state index contributed by atoms with van der Waals surface area (Å²) in [7, 11) is 0. The van der Waals surface area contributed by atoms with Crippen LogP contribution >= 0.6 is 0 Å². The summed E-state index contributed by atoms with van der Waals surface area (Å²) in [5.41, 5.74) is 2.57. The fourth-order valence-electron chi connectivity index (χ4n) is 5.44. The van der Waals surface area contributed by atoms with E-state index in [4.69, 9.17) is 9.15 Å². The first-order valence-electron chi connectivity index (χ1n) is 12.9. The van der Waals surface area contributed by atoms with Crippen molar-refractivity contribution >= 4 is 5.82 Å². The van der Waals surface area contributed by atoms with Gasteiger partial charge in [0.25, 0.3) is 5.89 Å². The fraction of sp³-hybridized carbons (Fsp3) is 0.393. The van der Waals surface area contributed by atoms with Crippen molar-refractivity contribution in [1.29, 1.82) is 0 Å². The van der Waals surface area contributed by atoms with Crippen LogP contribution < -0.4 is 9.64 Å². The standard InChI is InChI=1S/C28H31N7O2/c1-20(2)35-17-16-34(15-13-28(35)12-11-22-7-3-4-8-24(22)37-28)25-10-9-23(30-31-25)27-33-32-26(36-27)18-21-6-5-14-29-19-21/h3-10,14,19-20H,11-13,15-18H2,1-2H3. The average molecular weight is 498 g/mol. The van der Waals surface area contributed by atoms with Crippen molar-refractivity contribution in [2.24, 2.45) is 0 Å². The minimum absolute atomic E-state index is 0.306. The van der Waals surface area contributed by atoms with E-state index in [1.54, 1.807) is 12.4 Å². The molecule has 4 aromatic rings. The van der Waals surface area contributed by atoms with Gasteiger partial charge >= 0.3 is 0 Å². The Morgan fingerprint density at radius 2 is 1.84 bits per heavy atom. The number of hydrogen-bond donors (Lipinski definition) is 0. The maximum atomic E-state index is 6.75. The quantitative estimate of drug-likeness (QED) is 0.403. The van der Waals surface area contributed by atoms with E-state index in [9.17, 15) is 0 Å². The number of hydrogen-bond acceptors (Lipinski definition) is 9. The van der Waals surface area contributed by atoms with Gasteiger partial charge in [-0.15, -0.1) is 20.4 Å². The van der Waals surface area contributed by atoms with Crippen LogP contribution in [0.2, 0.25) is 0 Å². The summed E-state index contributed by atoms with van der Waals surface area (Å²) in [4.78, 5) is 8.95. The van der Waals surface area contributed by atoms with Crippen LogP contribution in [0, 0.1) is 0 Å². The summed E-state index contributed by atoms with van der Waals surface area (Å²) in [6.07, 6.45) is 6.97. The minimum atomic E-state index is -0.306. The number of benzene rings is 1. The molecule has 0 bridgehead atoms. The number of nitrogens with zero attached hydrogens (tertiary/aromatic N) is 7. The summed E-state index contributed by atoms with van der Waals surface area (Å²) >= 11 is 0. The van der Waals surface area contributed by atoms with Gasteiger partial charge in [-0.3, -0.25) is 9.88 Å². The molecule has 5 heterocycles. The molecule has 6 rings (SSSR count). The summed E-state index contributed by atoms with van der Waals surface area (Å²) in [5, 5.41) is 17.3. The van der Waals surface area contributed by atoms with E-state index in [0.717, 1.165) is 56.0 Å². The first-order valence-corrected chi connectivity index (χ1v) is 12.9. The molecule has 2 aliphatic heterocycles. The molecule has 0 radical (unpaired) electrons. The van der Waals surface area contributed by atoms with E-state index in [1.165, 1.54) is 5.56 Å². The highest BCUT2D eigenvalue weighted by atomic mass is 16.5. The van der Waals surface area contributed by atoms with E-state index in [1.807, 2.05) is 24.3 Å². The van der Waals surface area contributed by atoms with E-state index in [0.29, 0.717) is 29.9 Å². The predicted octanol–water partition coefficient (Wildman–Crippen LogP) is 4.15. The van der Waals surface area contributed by atoms with Gasteiger partial charge in [0.1, 0.15) is 11.4 Å². The van der Waals surface area contributed by atoms with Crippen molar-refractivity contribution in [3.05, 3.63) is 77.9 Å². The lowest BCUT2D eigenvalue weighted by Gasteiger charge is -2.47. The lowest BCUT2D eigenvalue weighted by molar-refractivity contribution is -0.112. The zero-order valence-corrected chi connectivity index (χ0v) is 21.2.